The van der Waals surface area contributed by atoms with Crippen molar-refractivity contribution < 1.29 is 8.42 Å². The molecular formula is C12H17NO2S. The van der Waals surface area contributed by atoms with Crippen LogP contribution in [0.3, 0.4) is 0 Å². The Morgan fingerprint density at radius 3 is 2.31 bits per heavy atom. The number of nitrogens with one attached hydrogen (secondary N) is 1. The first kappa shape index (κ1) is 11.6. The molecular weight excluding hydrogens is 222 g/mol. The summed E-state index contributed by atoms with van der Waals surface area (Å²) in [6, 6.07) is 8.65. The summed E-state index contributed by atoms with van der Waals surface area (Å²) in [5.41, 5.74) is 2.44. The Morgan fingerprint density at radius 2 is 1.81 bits per heavy atom. The van der Waals surface area contributed by atoms with Gasteiger partial charge in [0.2, 0.25) is 0 Å². The Labute approximate surface area is 96.8 Å². The van der Waals surface area contributed by atoms with Crippen molar-refractivity contribution in [1.29, 1.82) is 0 Å². The fourth-order valence-corrected chi connectivity index (χ4v) is 3.29. The van der Waals surface area contributed by atoms with Crippen LogP contribution in [0.4, 0.5) is 0 Å². The van der Waals surface area contributed by atoms with Crippen LogP contribution in [0.15, 0.2) is 24.3 Å². The molecule has 1 unspecified atom stereocenters. The van der Waals surface area contributed by atoms with Gasteiger partial charge in [-0.2, -0.15) is 0 Å². The smallest absolute Gasteiger partial charge is 0.153 e. The SMILES string of the molecule is Cc1ccc(C(C)NC2CS(=O)(=O)C2)cc1. The van der Waals surface area contributed by atoms with Crippen molar-refractivity contribution in [3.05, 3.63) is 35.4 Å². The van der Waals surface area contributed by atoms with E-state index in [1.165, 1.54) is 11.1 Å². The van der Waals surface area contributed by atoms with Gasteiger partial charge in [0.25, 0.3) is 0 Å². The van der Waals surface area contributed by atoms with Crippen molar-refractivity contribution in [2.75, 3.05) is 11.5 Å². The first-order chi connectivity index (χ1) is 7.46. The molecule has 0 saturated carbocycles. The second kappa shape index (κ2) is 4.18. The average Bonchev–Trinajstić information content (AvgIpc) is 2.15. The highest BCUT2D eigenvalue weighted by Crippen LogP contribution is 2.18. The maximum atomic E-state index is 11.0. The van der Waals surface area contributed by atoms with Crippen LogP contribution in [0.25, 0.3) is 0 Å². The van der Waals surface area contributed by atoms with E-state index >= 15 is 0 Å². The van der Waals surface area contributed by atoms with Crippen molar-refractivity contribution in [3.63, 3.8) is 0 Å². The zero-order chi connectivity index (χ0) is 11.8. The molecule has 0 aromatic heterocycles. The van der Waals surface area contributed by atoms with Crippen molar-refractivity contribution >= 4 is 9.84 Å². The van der Waals surface area contributed by atoms with E-state index in [1.54, 1.807) is 0 Å². The summed E-state index contributed by atoms with van der Waals surface area (Å²) < 4.78 is 22.0. The molecule has 0 amide bonds. The predicted molar refractivity (Wildman–Crippen MR) is 65.2 cm³/mol. The molecule has 2 rings (SSSR count). The molecule has 1 atom stereocenters. The van der Waals surface area contributed by atoms with Crippen molar-refractivity contribution in [2.45, 2.75) is 25.9 Å². The van der Waals surface area contributed by atoms with E-state index in [-0.39, 0.29) is 23.6 Å². The minimum atomic E-state index is -2.73. The van der Waals surface area contributed by atoms with E-state index in [1.807, 2.05) is 0 Å². The van der Waals surface area contributed by atoms with Gasteiger partial charge >= 0.3 is 0 Å². The summed E-state index contributed by atoms with van der Waals surface area (Å²) in [4.78, 5) is 0. The number of rotatable bonds is 3. The van der Waals surface area contributed by atoms with Crippen LogP contribution in [0.1, 0.15) is 24.1 Å². The molecule has 1 saturated heterocycles. The fourth-order valence-electron chi connectivity index (χ4n) is 1.97. The van der Waals surface area contributed by atoms with Crippen molar-refractivity contribution in [3.8, 4) is 0 Å². The third-order valence-electron chi connectivity index (χ3n) is 2.97. The second-order valence-electron chi connectivity index (χ2n) is 4.57. The highest BCUT2D eigenvalue weighted by atomic mass is 32.2. The Balaban J connectivity index is 1.94. The average molecular weight is 239 g/mol. The van der Waals surface area contributed by atoms with Gasteiger partial charge in [0.1, 0.15) is 0 Å². The van der Waals surface area contributed by atoms with Crippen molar-refractivity contribution in [1.82, 2.24) is 5.32 Å². The molecule has 1 fully saturated rings. The van der Waals surface area contributed by atoms with Crippen LogP contribution in [0.5, 0.6) is 0 Å². The first-order valence-electron chi connectivity index (χ1n) is 5.49. The quantitative estimate of drug-likeness (QED) is 0.868. The monoisotopic (exact) mass is 239 g/mol. The van der Waals surface area contributed by atoms with Crippen molar-refractivity contribution in [2.24, 2.45) is 0 Å². The Kier molecular flexibility index (Phi) is 3.04. The minimum Gasteiger partial charge on any atom is -0.305 e. The zero-order valence-electron chi connectivity index (χ0n) is 9.60. The molecule has 16 heavy (non-hydrogen) atoms. The molecule has 88 valence electrons. The summed E-state index contributed by atoms with van der Waals surface area (Å²) >= 11 is 0. The summed E-state index contributed by atoms with van der Waals surface area (Å²) in [6.45, 7) is 4.12. The lowest BCUT2D eigenvalue weighted by Crippen LogP contribution is -2.51. The molecule has 1 aromatic rings. The van der Waals surface area contributed by atoms with Gasteiger partial charge in [0.15, 0.2) is 9.84 Å². The summed E-state index contributed by atoms with van der Waals surface area (Å²) in [7, 11) is -2.73. The van der Waals surface area contributed by atoms with Crippen LogP contribution in [0.2, 0.25) is 0 Å². The van der Waals surface area contributed by atoms with Crippen LogP contribution >= 0.6 is 0 Å². The van der Waals surface area contributed by atoms with Gasteiger partial charge < -0.3 is 5.32 Å². The molecule has 1 heterocycles. The van der Waals surface area contributed by atoms with Gasteiger partial charge in [-0.1, -0.05) is 29.8 Å². The zero-order valence-corrected chi connectivity index (χ0v) is 10.4. The third kappa shape index (κ3) is 2.62. The Hall–Kier alpha value is -0.870. The standard InChI is InChI=1S/C12H17NO2S/c1-9-3-5-11(6-4-9)10(2)13-12-7-16(14,15)8-12/h3-6,10,12-13H,7-8H2,1-2H3. The molecule has 1 N–H and O–H groups in total. The Morgan fingerprint density at radius 1 is 1.25 bits per heavy atom. The van der Waals surface area contributed by atoms with Crippen LogP contribution in [-0.4, -0.2) is 26.0 Å². The lowest BCUT2D eigenvalue weighted by Gasteiger charge is -2.30. The molecule has 1 aliphatic rings. The summed E-state index contributed by atoms with van der Waals surface area (Å²) in [6.07, 6.45) is 0. The summed E-state index contributed by atoms with van der Waals surface area (Å²) in [5.74, 6) is 0.562. The molecule has 0 spiro atoms. The number of benzene rings is 1. The molecule has 1 aromatic carbocycles. The predicted octanol–water partition coefficient (Wildman–Crippen LogP) is 1.44. The van der Waals surface area contributed by atoms with E-state index in [9.17, 15) is 8.42 Å². The number of hydrogen-bond donors (Lipinski definition) is 1. The lowest BCUT2D eigenvalue weighted by molar-refractivity contribution is 0.468. The van der Waals surface area contributed by atoms with Crippen LogP contribution < -0.4 is 5.32 Å². The highest BCUT2D eigenvalue weighted by Gasteiger charge is 2.33. The largest absolute Gasteiger partial charge is 0.305 e. The molecule has 0 radical (unpaired) electrons. The molecule has 3 nitrogen and oxygen atoms in total. The lowest BCUT2D eigenvalue weighted by atomic mass is 10.1. The molecule has 0 aliphatic carbocycles. The number of aryl methyl sites for hydroxylation is 1. The number of hydrogen-bond acceptors (Lipinski definition) is 3. The first-order valence-corrected chi connectivity index (χ1v) is 7.31. The van der Waals surface area contributed by atoms with Gasteiger partial charge in [0.05, 0.1) is 11.5 Å². The second-order valence-corrected chi connectivity index (χ2v) is 6.73. The molecule has 1 aliphatic heterocycles. The van der Waals surface area contributed by atoms with Gasteiger partial charge in [-0.3, -0.25) is 0 Å². The van der Waals surface area contributed by atoms with E-state index in [0.29, 0.717) is 0 Å². The maximum Gasteiger partial charge on any atom is 0.153 e. The van der Waals surface area contributed by atoms with Crippen LogP contribution in [-0.2, 0) is 9.84 Å². The molecule has 4 heteroatoms. The number of sulfone groups is 1. The maximum absolute atomic E-state index is 11.0. The van der Waals surface area contributed by atoms with Gasteiger partial charge in [-0.05, 0) is 19.4 Å². The van der Waals surface area contributed by atoms with E-state index in [2.05, 4.69) is 43.4 Å². The van der Waals surface area contributed by atoms with Gasteiger partial charge in [-0.15, -0.1) is 0 Å². The van der Waals surface area contributed by atoms with Gasteiger partial charge in [-0.25, -0.2) is 8.42 Å². The van der Waals surface area contributed by atoms with Gasteiger partial charge in [0, 0.05) is 12.1 Å². The van der Waals surface area contributed by atoms with E-state index < -0.39 is 9.84 Å². The summed E-state index contributed by atoms with van der Waals surface area (Å²) in [5, 5.41) is 3.33. The van der Waals surface area contributed by atoms with Crippen LogP contribution in [0, 0.1) is 6.92 Å². The van der Waals surface area contributed by atoms with E-state index in [4.69, 9.17) is 0 Å². The highest BCUT2D eigenvalue weighted by molar-refractivity contribution is 7.92. The normalized spacial score (nSPS) is 21.4. The topological polar surface area (TPSA) is 46.2 Å². The third-order valence-corrected chi connectivity index (χ3v) is 4.79. The molecule has 0 bridgehead atoms. The minimum absolute atomic E-state index is 0.126. The fraction of sp³-hybridized carbons (Fsp3) is 0.500. The Bertz CT molecular complexity index is 452. The van der Waals surface area contributed by atoms with E-state index in [0.717, 1.165) is 0 Å².